The number of amides is 2. The van der Waals surface area contributed by atoms with Crippen LogP contribution in [0.1, 0.15) is 41.0 Å². The first-order valence-corrected chi connectivity index (χ1v) is 5.42. The van der Waals surface area contributed by atoms with Gasteiger partial charge in [-0.2, -0.15) is 0 Å². The SMILES string of the molecule is CC(C)C(CC(=O)O)NC(=O)NC(C)(C)C. The van der Waals surface area contributed by atoms with E-state index in [0.717, 1.165) is 0 Å². The Balaban J connectivity index is 4.30. The fourth-order valence-electron chi connectivity index (χ4n) is 1.19. The van der Waals surface area contributed by atoms with Crippen molar-refractivity contribution in [3.8, 4) is 0 Å². The molecule has 0 radical (unpaired) electrons. The number of carboxylic acid groups (broad SMARTS) is 1. The Bertz CT molecular complexity index is 256. The molecule has 0 aliphatic rings. The van der Waals surface area contributed by atoms with Crippen molar-refractivity contribution in [2.24, 2.45) is 5.92 Å². The predicted molar refractivity (Wildman–Crippen MR) is 62.3 cm³/mol. The molecule has 0 spiro atoms. The molecule has 2 amide bonds. The molecule has 3 N–H and O–H groups in total. The minimum absolute atomic E-state index is 0.0603. The summed E-state index contributed by atoms with van der Waals surface area (Å²) in [5.74, 6) is -0.823. The van der Waals surface area contributed by atoms with E-state index in [1.165, 1.54) is 0 Å². The van der Waals surface area contributed by atoms with Gasteiger partial charge in [0.25, 0.3) is 0 Å². The summed E-state index contributed by atoms with van der Waals surface area (Å²) < 4.78 is 0. The van der Waals surface area contributed by atoms with Crippen molar-refractivity contribution in [2.45, 2.75) is 52.6 Å². The van der Waals surface area contributed by atoms with Crippen molar-refractivity contribution in [3.63, 3.8) is 0 Å². The average molecular weight is 230 g/mol. The zero-order valence-corrected chi connectivity index (χ0v) is 10.6. The van der Waals surface area contributed by atoms with Crippen LogP contribution in [0.2, 0.25) is 0 Å². The van der Waals surface area contributed by atoms with Crippen LogP contribution in [0.3, 0.4) is 0 Å². The lowest BCUT2D eigenvalue weighted by Gasteiger charge is -2.25. The molecule has 0 rings (SSSR count). The van der Waals surface area contributed by atoms with E-state index >= 15 is 0 Å². The van der Waals surface area contributed by atoms with E-state index in [-0.39, 0.29) is 30.0 Å². The average Bonchev–Trinajstić information content (AvgIpc) is 1.97. The molecule has 5 nitrogen and oxygen atoms in total. The summed E-state index contributed by atoms with van der Waals surface area (Å²) >= 11 is 0. The number of carboxylic acids is 1. The van der Waals surface area contributed by atoms with Gasteiger partial charge in [0.05, 0.1) is 6.42 Å². The summed E-state index contributed by atoms with van der Waals surface area (Å²) in [7, 11) is 0. The molecule has 0 heterocycles. The second-order valence-corrected chi connectivity index (χ2v) is 5.30. The fraction of sp³-hybridized carbons (Fsp3) is 0.818. The second-order valence-electron chi connectivity index (χ2n) is 5.30. The summed E-state index contributed by atoms with van der Waals surface area (Å²) in [5, 5.41) is 14.1. The van der Waals surface area contributed by atoms with Gasteiger partial charge >= 0.3 is 12.0 Å². The lowest BCUT2D eigenvalue weighted by atomic mass is 10.0. The van der Waals surface area contributed by atoms with E-state index in [2.05, 4.69) is 10.6 Å². The van der Waals surface area contributed by atoms with Gasteiger partial charge in [-0.25, -0.2) is 4.79 Å². The molecule has 0 aromatic heterocycles. The fourth-order valence-corrected chi connectivity index (χ4v) is 1.19. The number of carbonyl (C=O) groups excluding carboxylic acids is 1. The van der Waals surface area contributed by atoms with Gasteiger partial charge in [-0.1, -0.05) is 13.8 Å². The van der Waals surface area contributed by atoms with Crippen LogP contribution in [0.4, 0.5) is 4.79 Å². The van der Waals surface area contributed by atoms with Gasteiger partial charge in [-0.3, -0.25) is 4.79 Å². The third kappa shape index (κ3) is 7.09. The van der Waals surface area contributed by atoms with Gasteiger partial charge in [-0.15, -0.1) is 0 Å². The summed E-state index contributed by atoms with van der Waals surface area (Å²) in [6.07, 6.45) is -0.0603. The van der Waals surface area contributed by atoms with Crippen LogP contribution in [0.15, 0.2) is 0 Å². The molecule has 0 aliphatic carbocycles. The van der Waals surface area contributed by atoms with E-state index in [9.17, 15) is 9.59 Å². The van der Waals surface area contributed by atoms with Crippen molar-refractivity contribution >= 4 is 12.0 Å². The normalized spacial score (nSPS) is 13.4. The number of aliphatic carboxylic acids is 1. The van der Waals surface area contributed by atoms with Crippen LogP contribution in [0.25, 0.3) is 0 Å². The van der Waals surface area contributed by atoms with Crippen molar-refractivity contribution in [3.05, 3.63) is 0 Å². The molecule has 94 valence electrons. The van der Waals surface area contributed by atoms with Crippen molar-refractivity contribution < 1.29 is 14.7 Å². The van der Waals surface area contributed by atoms with Crippen LogP contribution in [-0.2, 0) is 4.79 Å². The Kier molecular flexibility index (Phi) is 5.27. The highest BCUT2D eigenvalue weighted by atomic mass is 16.4. The predicted octanol–water partition coefficient (Wildman–Crippen LogP) is 1.58. The minimum Gasteiger partial charge on any atom is -0.481 e. The molecule has 0 bridgehead atoms. The highest BCUT2D eigenvalue weighted by Gasteiger charge is 2.21. The van der Waals surface area contributed by atoms with Gasteiger partial charge in [0.2, 0.25) is 0 Å². The van der Waals surface area contributed by atoms with E-state index in [0.29, 0.717) is 0 Å². The van der Waals surface area contributed by atoms with Crippen LogP contribution in [0, 0.1) is 5.92 Å². The molecule has 0 saturated heterocycles. The van der Waals surface area contributed by atoms with Gasteiger partial charge in [0.15, 0.2) is 0 Å². The highest BCUT2D eigenvalue weighted by Crippen LogP contribution is 2.06. The molecular formula is C11H22N2O3. The Morgan fingerprint density at radius 3 is 2.06 bits per heavy atom. The number of nitrogens with one attached hydrogen (secondary N) is 2. The Labute approximate surface area is 96.6 Å². The van der Waals surface area contributed by atoms with Crippen LogP contribution in [0.5, 0.6) is 0 Å². The standard InChI is InChI=1S/C11H22N2O3/c1-7(2)8(6-9(14)15)12-10(16)13-11(3,4)5/h7-8H,6H2,1-5H3,(H,14,15)(H2,12,13,16). The maximum atomic E-state index is 11.5. The quantitative estimate of drug-likeness (QED) is 0.686. The first-order valence-electron chi connectivity index (χ1n) is 5.42. The largest absolute Gasteiger partial charge is 0.481 e. The molecular weight excluding hydrogens is 208 g/mol. The highest BCUT2D eigenvalue weighted by molar-refractivity contribution is 5.76. The van der Waals surface area contributed by atoms with E-state index < -0.39 is 5.97 Å². The van der Waals surface area contributed by atoms with Gasteiger partial charge < -0.3 is 15.7 Å². The molecule has 0 aromatic rings. The number of rotatable bonds is 4. The third-order valence-corrected chi connectivity index (χ3v) is 2.00. The topological polar surface area (TPSA) is 78.4 Å². The van der Waals surface area contributed by atoms with E-state index in [1.807, 2.05) is 34.6 Å². The number of hydrogen-bond acceptors (Lipinski definition) is 2. The number of urea groups is 1. The molecule has 1 unspecified atom stereocenters. The second kappa shape index (κ2) is 5.72. The van der Waals surface area contributed by atoms with Crippen LogP contribution in [-0.4, -0.2) is 28.7 Å². The Morgan fingerprint density at radius 2 is 1.75 bits per heavy atom. The molecule has 0 saturated carbocycles. The summed E-state index contributed by atoms with van der Waals surface area (Å²) in [6.45, 7) is 9.37. The van der Waals surface area contributed by atoms with Crippen LogP contribution < -0.4 is 10.6 Å². The van der Waals surface area contributed by atoms with Crippen molar-refractivity contribution in [1.82, 2.24) is 10.6 Å². The lowest BCUT2D eigenvalue weighted by Crippen LogP contribution is -2.51. The maximum Gasteiger partial charge on any atom is 0.315 e. The minimum atomic E-state index is -0.908. The molecule has 0 aromatic carbocycles. The van der Waals surface area contributed by atoms with Crippen molar-refractivity contribution in [2.75, 3.05) is 0 Å². The zero-order valence-electron chi connectivity index (χ0n) is 10.6. The number of hydrogen-bond donors (Lipinski definition) is 3. The van der Waals surface area contributed by atoms with E-state index in [1.54, 1.807) is 0 Å². The number of carbonyl (C=O) groups is 2. The third-order valence-electron chi connectivity index (χ3n) is 2.00. The Morgan fingerprint density at radius 1 is 1.25 bits per heavy atom. The lowest BCUT2D eigenvalue weighted by molar-refractivity contribution is -0.137. The Hall–Kier alpha value is -1.26. The van der Waals surface area contributed by atoms with Gasteiger partial charge in [-0.05, 0) is 26.7 Å². The first kappa shape index (κ1) is 14.7. The molecule has 5 heteroatoms. The molecule has 1 atom stereocenters. The monoisotopic (exact) mass is 230 g/mol. The molecule has 16 heavy (non-hydrogen) atoms. The van der Waals surface area contributed by atoms with Gasteiger partial charge in [0, 0.05) is 11.6 Å². The van der Waals surface area contributed by atoms with Crippen molar-refractivity contribution in [1.29, 1.82) is 0 Å². The first-order chi connectivity index (χ1) is 7.11. The smallest absolute Gasteiger partial charge is 0.315 e. The zero-order chi connectivity index (χ0) is 12.9. The summed E-state index contributed by atoms with van der Waals surface area (Å²) in [4.78, 5) is 22.1. The summed E-state index contributed by atoms with van der Waals surface area (Å²) in [6, 6.07) is -0.674. The van der Waals surface area contributed by atoms with Crippen LogP contribution >= 0.6 is 0 Å². The van der Waals surface area contributed by atoms with Gasteiger partial charge in [0.1, 0.15) is 0 Å². The molecule has 0 aliphatic heterocycles. The maximum absolute atomic E-state index is 11.5. The van der Waals surface area contributed by atoms with E-state index in [4.69, 9.17) is 5.11 Å². The molecule has 0 fully saturated rings. The summed E-state index contributed by atoms with van der Waals surface area (Å²) in [5.41, 5.74) is -0.325.